The highest BCUT2D eigenvalue weighted by atomic mass is 16.4. The zero-order valence-corrected chi connectivity index (χ0v) is 25.9. The Labute approximate surface area is 241 Å². The predicted octanol–water partition coefficient (Wildman–Crippen LogP) is 3.24. The van der Waals surface area contributed by atoms with Crippen molar-refractivity contribution in [1.29, 1.82) is 0 Å². The first kappa shape index (κ1) is 31.2. The molecule has 0 heterocycles. The van der Waals surface area contributed by atoms with Crippen LogP contribution in [0.3, 0.4) is 0 Å². The summed E-state index contributed by atoms with van der Waals surface area (Å²) >= 11 is 0. The summed E-state index contributed by atoms with van der Waals surface area (Å²) in [6, 6.07) is 0. The zero-order chi connectivity index (χ0) is 29.8. The third-order valence-electron chi connectivity index (χ3n) is 12.9. The molecule has 0 amide bonds. The molecule has 5 aliphatic carbocycles. The Bertz CT molecular complexity index is 935. The first-order chi connectivity index (χ1) is 18.3. The van der Waals surface area contributed by atoms with E-state index in [0.29, 0.717) is 12.3 Å². The van der Waals surface area contributed by atoms with Crippen molar-refractivity contribution in [2.45, 2.75) is 148 Å². The van der Waals surface area contributed by atoms with Crippen molar-refractivity contribution in [2.24, 2.45) is 57.2 Å². The van der Waals surface area contributed by atoms with Crippen LogP contribution in [-0.4, -0.2) is 78.0 Å². The number of aliphatic hydroxyl groups is 7. The van der Waals surface area contributed by atoms with Crippen molar-refractivity contribution in [1.82, 2.24) is 0 Å². The molecule has 0 aliphatic heterocycles. The lowest BCUT2D eigenvalue weighted by Crippen LogP contribution is -2.78. The smallest absolute Gasteiger partial charge is 0.122 e. The van der Waals surface area contributed by atoms with E-state index in [1.165, 1.54) is 13.3 Å². The average molecular weight is 567 g/mol. The van der Waals surface area contributed by atoms with Crippen molar-refractivity contribution in [3.63, 3.8) is 0 Å². The van der Waals surface area contributed by atoms with Gasteiger partial charge in [-0.25, -0.2) is 0 Å². The lowest BCUT2D eigenvalue weighted by molar-refractivity contribution is -0.336. The Morgan fingerprint density at radius 2 is 1.35 bits per heavy atom. The van der Waals surface area contributed by atoms with Gasteiger partial charge in [0, 0.05) is 23.2 Å². The number of hydrogen-bond acceptors (Lipinski definition) is 7. The maximum atomic E-state index is 12.1. The van der Waals surface area contributed by atoms with Gasteiger partial charge in [0.1, 0.15) is 5.60 Å². The summed E-state index contributed by atoms with van der Waals surface area (Å²) in [5.41, 5.74) is -2.97. The Balaban J connectivity index is 1.41. The van der Waals surface area contributed by atoms with Crippen LogP contribution in [0.4, 0.5) is 0 Å². The topological polar surface area (TPSA) is 142 Å². The molecule has 0 saturated heterocycles. The van der Waals surface area contributed by atoms with Gasteiger partial charge in [-0.3, -0.25) is 0 Å². The van der Waals surface area contributed by atoms with E-state index in [-0.39, 0.29) is 35.0 Å². The minimum Gasteiger partial charge on any atom is -0.393 e. The molecule has 0 aromatic carbocycles. The van der Waals surface area contributed by atoms with E-state index in [9.17, 15) is 35.7 Å². The second-order valence-electron chi connectivity index (χ2n) is 17.6. The molecule has 5 aliphatic rings. The van der Waals surface area contributed by atoms with Crippen molar-refractivity contribution in [3.05, 3.63) is 0 Å². The first-order valence-corrected chi connectivity index (χ1v) is 16.1. The van der Waals surface area contributed by atoms with Crippen LogP contribution in [0, 0.1) is 57.2 Å². The zero-order valence-electron chi connectivity index (χ0n) is 25.9. The largest absolute Gasteiger partial charge is 0.393 e. The summed E-state index contributed by atoms with van der Waals surface area (Å²) in [5, 5.41) is 80.5. The van der Waals surface area contributed by atoms with E-state index in [0.717, 1.165) is 38.5 Å². The van der Waals surface area contributed by atoms with Crippen LogP contribution in [0.2, 0.25) is 0 Å². The summed E-state index contributed by atoms with van der Waals surface area (Å²) in [4.78, 5) is 0. The van der Waals surface area contributed by atoms with E-state index in [1.54, 1.807) is 0 Å². The van der Waals surface area contributed by atoms with Gasteiger partial charge >= 0.3 is 0 Å². The standard InChI is InChI=1S/C33H58O7/c1-17(34)22-21(35)14-32(7)16-31(6)13-20-9-8-19(10-18-11-29(2,3)15-30(4,5)12-18)25(36)23(20)26(37)24(31)28(39)33(32,40)27(22)38/h17-28,34-40H,8-16H2,1-7H3. The van der Waals surface area contributed by atoms with Crippen molar-refractivity contribution < 1.29 is 35.7 Å². The molecule has 14 unspecified atom stereocenters. The molecular weight excluding hydrogens is 508 g/mol. The lowest BCUT2D eigenvalue weighted by atomic mass is 9.39. The van der Waals surface area contributed by atoms with E-state index in [4.69, 9.17) is 0 Å². The molecule has 5 rings (SSSR count). The van der Waals surface area contributed by atoms with Gasteiger partial charge < -0.3 is 35.7 Å². The number of rotatable bonds is 3. The van der Waals surface area contributed by atoms with E-state index < -0.39 is 64.9 Å². The minimum atomic E-state index is -2.00. The highest BCUT2D eigenvalue weighted by Crippen LogP contribution is 2.67. The Kier molecular flexibility index (Phi) is 7.69. The second-order valence-corrected chi connectivity index (χ2v) is 17.6. The van der Waals surface area contributed by atoms with E-state index in [1.807, 2.05) is 6.92 Å². The fourth-order valence-electron chi connectivity index (χ4n) is 12.3. The van der Waals surface area contributed by atoms with Crippen LogP contribution < -0.4 is 0 Å². The van der Waals surface area contributed by atoms with Gasteiger partial charge in [0.25, 0.3) is 0 Å². The van der Waals surface area contributed by atoms with Crippen LogP contribution >= 0.6 is 0 Å². The summed E-state index contributed by atoms with van der Waals surface area (Å²) < 4.78 is 0. The van der Waals surface area contributed by atoms with E-state index in [2.05, 4.69) is 34.6 Å². The molecule has 0 aromatic rings. The van der Waals surface area contributed by atoms with Gasteiger partial charge in [-0.05, 0) is 98.7 Å². The van der Waals surface area contributed by atoms with Gasteiger partial charge in [0.05, 0.1) is 36.6 Å². The fourth-order valence-corrected chi connectivity index (χ4v) is 12.3. The SMILES string of the molecule is CC(O)C1C(O)CC2(C)CC3(C)CC4CCC(CC5CC(C)(C)CC(C)(C)C5)C(O)C4C(O)C3C(O)C2(O)C1O. The third-order valence-corrected chi connectivity index (χ3v) is 12.9. The Morgan fingerprint density at radius 1 is 0.750 bits per heavy atom. The summed E-state index contributed by atoms with van der Waals surface area (Å²) in [6.45, 7) is 14.8. The average Bonchev–Trinajstić information content (AvgIpc) is 2.75. The monoisotopic (exact) mass is 566 g/mol. The number of fused-ring (bicyclic) bond motifs is 3. The quantitative estimate of drug-likeness (QED) is 0.278. The van der Waals surface area contributed by atoms with Crippen molar-refractivity contribution in [2.75, 3.05) is 0 Å². The fraction of sp³-hybridized carbons (Fsp3) is 1.00. The van der Waals surface area contributed by atoms with Crippen LogP contribution in [0.15, 0.2) is 0 Å². The first-order valence-electron chi connectivity index (χ1n) is 16.1. The van der Waals surface area contributed by atoms with Gasteiger partial charge in [-0.15, -0.1) is 0 Å². The van der Waals surface area contributed by atoms with Crippen molar-refractivity contribution >= 4 is 0 Å². The van der Waals surface area contributed by atoms with Crippen LogP contribution in [-0.2, 0) is 0 Å². The van der Waals surface area contributed by atoms with Crippen LogP contribution in [0.5, 0.6) is 0 Å². The van der Waals surface area contributed by atoms with E-state index >= 15 is 0 Å². The Hall–Kier alpha value is -0.280. The minimum absolute atomic E-state index is 0.0964. The molecule has 5 fully saturated rings. The van der Waals surface area contributed by atoms with Gasteiger partial charge in [-0.1, -0.05) is 41.5 Å². The molecule has 0 spiro atoms. The summed E-state index contributed by atoms with van der Waals surface area (Å²) in [5.74, 6) is -1.37. The number of aliphatic hydroxyl groups excluding tert-OH is 6. The van der Waals surface area contributed by atoms with Crippen molar-refractivity contribution in [3.8, 4) is 0 Å². The van der Waals surface area contributed by atoms with Gasteiger partial charge in [0.15, 0.2) is 0 Å². The maximum Gasteiger partial charge on any atom is 0.122 e. The molecule has 7 N–H and O–H groups in total. The van der Waals surface area contributed by atoms with Gasteiger partial charge in [-0.2, -0.15) is 0 Å². The number of hydrogen-bond donors (Lipinski definition) is 7. The Morgan fingerprint density at radius 3 is 1.93 bits per heavy atom. The second kappa shape index (κ2) is 9.87. The molecule has 0 radical (unpaired) electrons. The molecule has 7 heteroatoms. The lowest BCUT2D eigenvalue weighted by Gasteiger charge is -2.69. The van der Waals surface area contributed by atoms with Crippen LogP contribution in [0.25, 0.3) is 0 Å². The highest BCUT2D eigenvalue weighted by molar-refractivity contribution is 5.22. The summed E-state index contributed by atoms with van der Waals surface area (Å²) in [7, 11) is 0. The molecule has 14 atom stereocenters. The molecule has 0 aromatic heterocycles. The normalized spacial score (nSPS) is 55.0. The molecular formula is C33H58O7. The summed E-state index contributed by atoms with van der Waals surface area (Å²) in [6.07, 6.45) is 0.832. The molecule has 5 saturated carbocycles. The molecule has 7 nitrogen and oxygen atoms in total. The molecule has 232 valence electrons. The third kappa shape index (κ3) is 4.73. The highest BCUT2D eigenvalue weighted by Gasteiger charge is 2.73. The molecule has 0 bridgehead atoms. The predicted molar refractivity (Wildman–Crippen MR) is 153 cm³/mol. The maximum absolute atomic E-state index is 12.1. The van der Waals surface area contributed by atoms with Crippen LogP contribution in [0.1, 0.15) is 106 Å². The van der Waals surface area contributed by atoms with Gasteiger partial charge in [0.2, 0.25) is 0 Å². The molecule has 40 heavy (non-hydrogen) atoms.